The van der Waals surface area contributed by atoms with Crippen LogP contribution in [-0.4, -0.2) is 26.8 Å². The van der Waals surface area contributed by atoms with Crippen LogP contribution in [0.3, 0.4) is 0 Å². The van der Waals surface area contributed by atoms with Crippen LogP contribution in [0.2, 0.25) is 5.02 Å². The van der Waals surface area contributed by atoms with Gasteiger partial charge < -0.3 is 5.11 Å². The normalized spacial score (nSPS) is 19.2. The Hall–Kier alpha value is -3.19. The topological polar surface area (TPSA) is 75.4 Å². The van der Waals surface area contributed by atoms with Crippen molar-refractivity contribution in [1.29, 1.82) is 0 Å². The predicted octanol–water partition coefficient (Wildman–Crippen LogP) is 4.50. The number of carboxylic acid groups (broad SMARTS) is 1. The summed E-state index contributed by atoms with van der Waals surface area (Å²) in [7, 11) is 0. The Morgan fingerprint density at radius 2 is 2.03 bits per heavy atom. The number of carbonyl (C=O) groups is 2. The second-order valence-electron chi connectivity index (χ2n) is 8.11. The molecule has 0 bridgehead atoms. The Bertz CT molecular complexity index is 1250. The van der Waals surface area contributed by atoms with Crippen LogP contribution in [0.1, 0.15) is 40.4 Å². The number of carboxylic acids is 1. The minimum atomic E-state index is -1.02. The molecule has 31 heavy (non-hydrogen) atoms. The molecule has 1 unspecified atom stereocenters. The van der Waals surface area contributed by atoms with Gasteiger partial charge in [0, 0.05) is 12.7 Å². The molecule has 0 radical (unpaired) electrons. The lowest BCUT2D eigenvalue weighted by Crippen LogP contribution is -2.39. The number of nitrogens with zero attached hydrogens (tertiary/aromatic N) is 3. The van der Waals surface area contributed by atoms with E-state index >= 15 is 0 Å². The van der Waals surface area contributed by atoms with Gasteiger partial charge in [0.05, 0.1) is 33.6 Å². The number of hydrogen-bond donors (Lipinski definition) is 1. The molecule has 0 fully saturated rings. The van der Waals surface area contributed by atoms with Crippen molar-refractivity contribution in [3.8, 4) is 0 Å². The van der Waals surface area contributed by atoms with E-state index in [-0.39, 0.29) is 16.5 Å². The molecule has 0 saturated carbocycles. The van der Waals surface area contributed by atoms with E-state index in [1.54, 1.807) is 34.1 Å². The molecule has 1 aliphatic carbocycles. The molecule has 1 amide bonds. The van der Waals surface area contributed by atoms with Gasteiger partial charge in [0.2, 0.25) is 5.91 Å². The van der Waals surface area contributed by atoms with Gasteiger partial charge >= 0.3 is 5.97 Å². The van der Waals surface area contributed by atoms with Crippen LogP contribution in [0.15, 0.2) is 42.7 Å². The molecular weight excluding hydrogens is 421 g/mol. The number of aryl methyl sites for hydroxylation is 1. The molecule has 1 N–H and O–H groups in total. The standard InChI is InChI=1S/C23H19ClFN3O3/c1-2-5-27-12-16(11-26-27)28-20-8-18(24)19(25)7-17(20)23(22(28)31)9-14-4-3-13(21(29)30)6-15(14)10-23/h3-4,6-8,11-12H,2,5,9-10H2,1H3,(H,29,30). The number of rotatable bonds is 4. The number of carbonyl (C=O) groups excluding carboxylic acids is 1. The third-order valence-corrected chi connectivity index (χ3v) is 6.47. The molecule has 5 rings (SSSR count). The van der Waals surface area contributed by atoms with Crippen LogP contribution in [0.25, 0.3) is 0 Å². The Kier molecular flexibility index (Phi) is 4.41. The van der Waals surface area contributed by atoms with E-state index < -0.39 is 17.2 Å². The zero-order valence-corrected chi connectivity index (χ0v) is 17.5. The van der Waals surface area contributed by atoms with Crippen molar-refractivity contribution in [3.63, 3.8) is 0 Å². The van der Waals surface area contributed by atoms with Gasteiger partial charge in [-0.3, -0.25) is 14.4 Å². The minimum Gasteiger partial charge on any atom is -0.478 e. The summed E-state index contributed by atoms with van der Waals surface area (Å²) in [6.07, 6.45) is 4.99. The highest BCUT2D eigenvalue weighted by Gasteiger charge is 2.55. The Morgan fingerprint density at radius 1 is 1.26 bits per heavy atom. The quantitative estimate of drug-likeness (QED) is 0.649. The SMILES string of the molecule is CCCn1cc(N2C(=O)C3(Cc4ccc(C(=O)O)cc4C3)c3cc(F)c(Cl)cc32)cn1. The van der Waals surface area contributed by atoms with Crippen molar-refractivity contribution in [2.75, 3.05) is 4.90 Å². The lowest BCUT2D eigenvalue weighted by molar-refractivity contribution is -0.122. The first-order valence-electron chi connectivity index (χ1n) is 10.1. The monoisotopic (exact) mass is 439 g/mol. The summed E-state index contributed by atoms with van der Waals surface area (Å²) < 4.78 is 16.3. The van der Waals surface area contributed by atoms with Crippen molar-refractivity contribution in [1.82, 2.24) is 9.78 Å². The highest BCUT2D eigenvalue weighted by Crippen LogP contribution is 2.53. The summed E-state index contributed by atoms with van der Waals surface area (Å²) in [5, 5.41) is 13.6. The number of benzene rings is 2. The second-order valence-corrected chi connectivity index (χ2v) is 8.52. The molecule has 1 aromatic heterocycles. The summed E-state index contributed by atoms with van der Waals surface area (Å²) in [5.74, 6) is -1.80. The zero-order valence-electron chi connectivity index (χ0n) is 16.7. The number of halogens is 2. The van der Waals surface area contributed by atoms with Crippen molar-refractivity contribution >= 4 is 34.9 Å². The van der Waals surface area contributed by atoms with Crippen LogP contribution < -0.4 is 4.90 Å². The van der Waals surface area contributed by atoms with Crippen molar-refractivity contribution in [2.24, 2.45) is 0 Å². The van der Waals surface area contributed by atoms with Crippen LogP contribution in [0.4, 0.5) is 15.8 Å². The number of amides is 1. The van der Waals surface area contributed by atoms with Gasteiger partial charge in [0.1, 0.15) is 5.82 Å². The van der Waals surface area contributed by atoms with E-state index in [1.165, 1.54) is 18.2 Å². The first kappa shape index (κ1) is 19.8. The van der Waals surface area contributed by atoms with E-state index in [0.717, 1.165) is 17.5 Å². The fourth-order valence-electron chi connectivity index (χ4n) is 4.77. The van der Waals surface area contributed by atoms with E-state index in [0.29, 0.717) is 36.3 Å². The lowest BCUT2D eigenvalue weighted by atomic mass is 9.79. The molecule has 0 saturated heterocycles. The maximum Gasteiger partial charge on any atom is 0.335 e. The van der Waals surface area contributed by atoms with Crippen molar-refractivity contribution < 1.29 is 19.1 Å². The van der Waals surface area contributed by atoms with Crippen molar-refractivity contribution in [2.45, 2.75) is 38.1 Å². The summed E-state index contributed by atoms with van der Waals surface area (Å²) in [5.41, 5.74) is 2.55. The maximum absolute atomic E-state index is 14.5. The van der Waals surface area contributed by atoms with Crippen molar-refractivity contribution in [3.05, 3.63) is 75.8 Å². The highest BCUT2D eigenvalue weighted by molar-refractivity contribution is 6.31. The van der Waals surface area contributed by atoms with Crippen LogP contribution in [-0.2, 0) is 29.6 Å². The first-order valence-corrected chi connectivity index (χ1v) is 10.4. The third kappa shape index (κ3) is 2.87. The van der Waals surface area contributed by atoms with E-state index in [9.17, 15) is 19.1 Å². The van der Waals surface area contributed by atoms with E-state index in [1.807, 2.05) is 6.92 Å². The summed E-state index contributed by atoms with van der Waals surface area (Å²) in [6, 6.07) is 7.72. The second kappa shape index (κ2) is 6.92. The third-order valence-electron chi connectivity index (χ3n) is 6.18. The zero-order chi connectivity index (χ0) is 21.9. The molecular formula is C23H19ClFN3O3. The summed E-state index contributed by atoms with van der Waals surface area (Å²) in [6.45, 7) is 2.75. The van der Waals surface area contributed by atoms with Gasteiger partial charge in [-0.25, -0.2) is 9.18 Å². The fourth-order valence-corrected chi connectivity index (χ4v) is 4.93. The molecule has 8 heteroatoms. The van der Waals surface area contributed by atoms with Gasteiger partial charge in [-0.05, 0) is 60.2 Å². The van der Waals surface area contributed by atoms with Gasteiger partial charge in [-0.2, -0.15) is 5.10 Å². The molecule has 1 atom stereocenters. The predicted molar refractivity (Wildman–Crippen MR) is 114 cm³/mol. The van der Waals surface area contributed by atoms with E-state index in [4.69, 9.17) is 11.6 Å². The molecule has 3 aromatic rings. The molecule has 6 nitrogen and oxygen atoms in total. The number of aromatic carboxylic acids is 1. The molecule has 1 spiro atoms. The van der Waals surface area contributed by atoms with Crippen LogP contribution >= 0.6 is 11.6 Å². The van der Waals surface area contributed by atoms with Gasteiger partial charge in [0.15, 0.2) is 0 Å². The molecule has 158 valence electrons. The summed E-state index contributed by atoms with van der Waals surface area (Å²) >= 11 is 6.09. The number of hydrogen-bond acceptors (Lipinski definition) is 3. The molecule has 1 aliphatic heterocycles. The van der Waals surface area contributed by atoms with Gasteiger partial charge in [-0.15, -0.1) is 0 Å². The number of aromatic nitrogens is 2. The number of fused-ring (bicyclic) bond motifs is 3. The maximum atomic E-state index is 14.5. The first-order chi connectivity index (χ1) is 14.8. The molecule has 2 aromatic carbocycles. The van der Waals surface area contributed by atoms with E-state index in [2.05, 4.69) is 5.10 Å². The minimum absolute atomic E-state index is 0.0572. The Balaban J connectivity index is 1.65. The largest absolute Gasteiger partial charge is 0.478 e. The van der Waals surface area contributed by atoms with Crippen LogP contribution in [0.5, 0.6) is 0 Å². The molecule has 2 heterocycles. The van der Waals surface area contributed by atoms with Gasteiger partial charge in [-0.1, -0.05) is 24.6 Å². The number of anilines is 2. The Labute approximate surface area is 182 Å². The lowest BCUT2D eigenvalue weighted by Gasteiger charge is -2.23. The summed E-state index contributed by atoms with van der Waals surface area (Å²) in [4.78, 5) is 26.8. The average Bonchev–Trinajstić information content (AvgIpc) is 3.40. The smallest absolute Gasteiger partial charge is 0.335 e. The van der Waals surface area contributed by atoms with Gasteiger partial charge in [0.25, 0.3) is 0 Å². The average molecular weight is 440 g/mol. The fraction of sp³-hybridized carbons (Fsp3) is 0.261. The Morgan fingerprint density at radius 3 is 2.77 bits per heavy atom. The highest BCUT2D eigenvalue weighted by atomic mass is 35.5. The molecule has 2 aliphatic rings. The van der Waals surface area contributed by atoms with Crippen LogP contribution in [0, 0.1) is 5.82 Å².